The van der Waals surface area contributed by atoms with E-state index in [9.17, 15) is 9.18 Å². The van der Waals surface area contributed by atoms with Gasteiger partial charge in [-0.25, -0.2) is 4.39 Å². The fourth-order valence-electron chi connectivity index (χ4n) is 3.27. The second-order valence-electron chi connectivity index (χ2n) is 7.62. The van der Waals surface area contributed by atoms with Crippen molar-refractivity contribution in [1.29, 1.82) is 0 Å². The highest BCUT2D eigenvalue weighted by molar-refractivity contribution is 5.77. The molecule has 0 atom stereocenters. The molecular weight excluding hydrogens is 341 g/mol. The lowest BCUT2D eigenvalue weighted by atomic mass is 10.0. The molecule has 4 heteroatoms. The zero-order valence-corrected chi connectivity index (χ0v) is 16.4. The summed E-state index contributed by atoms with van der Waals surface area (Å²) in [5.41, 5.74) is 3.29. The number of hydrogen-bond acceptors (Lipinski definition) is 2. The minimum absolute atomic E-state index is 0.140. The van der Waals surface area contributed by atoms with Crippen molar-refractivity contribution in [3.05, 3.63) is 65.0 Å². The Morgan fingerprint density at radius 3 is 2.37 bits per heavy atom. The maximum absolute atomic E-state index is 13.8. The summed E-state index contributed by atoms with van der Waals surface area (Å²) in [6, 6.07) is 13.8. The van der Waals surface area contributed by atoms with Gasteiger partial charge in [0.05, 0.1) is 7.11 Å². The summed E-state index contributed by atoms with van der Waals surface area (Å²) in [5, 5.41) is 0. The highest BCUT2D eigenvalue weighted by Crippen LogP contribution is 2.29. The molecular formula is C23H28FNO2. The molecule has 3 nitrogen and oxygen atoms in total. The third-order valence-corrected chi connectivity index (χ3v) is 5.15. The van der Waals surface area contributed by atoms with Gasteiger partial charge in [-0.1, -0.05) is 44.2 Å². The van der Waals surface area contributed by atoms with Crippen LogP contribution in [0.2, 0.25) is 0 Å². The molecule has 0 bridgehead atoms. The van der Waals surface area contributed by atoms with E-state index in [1.54, 1.807) is 6.07 Å². The van der Waals surface area contributed by atoms with Crippen molar-refractivity contribution in [2.75, 3.05) is 7.11 Å². The maximum Gasteiger partial charge on any atom is 0.223 e. The lowest BCUT2D eigenvalue weighted by Crippen LogP contribution is -2.32. The van der Waals surface area contributed by atoms with Crippen LogP contribution in [0, 0.1) is 5.82 Å². The van der Waals surface area contributed by atoms with E-state index in [1.165, 1.54) is 18.7 Å². The predicted octanol–water partition coefficient (Wildman–Crippen LogP) is 5.08. The standard InChI is InChI=1S/C23H28FNO2/c1-16(2)19-8-4-18(5-9-19)15-25(20-10-11-20)23(26)13-7-17-6-12-22(27-3)21(24)14-17/h4-6,8-9,12,14,16,20H,7,10-11,13,15H2,1-3H3. The second kappa shape index (κ2) is 8.55. The number of ether oxygens (including phenoxy) is 1. The number of methoxy groups -OCH3 is 1. The summed E-state index contributed by atoms with van der Waals surface area (Å²) >= 11 is 0. The second-order valence-corrected chi connectivity index (χ2v) is 7.62. The summed E-state index contributed by atoms with van der Waals surface area (Å²) in [5.74, 6) is 0.494. The van der Waals surface area contributed by atoms with Crippen molar-refractivity contribution in [3.63, 3.8) is 0 Å². The van der Waals surface area contributed by atoms with Crippen LogP contribution in [-0.2, 0) is 17.8 Å². The third kappa shape index (κ3) is 5.09. The van der Waals surface area contributed by atoms with Gasteiger partial charge in [-0.05, 0) is 54.0 Å². The number of halogens is 1. The fraction of sp³-hybridized carbons (Fsp3) is 0.435. The van der Waals surface area contributed by atoms with Crippen molar-refractivity contribution in [2.45, 2.75) is 58.0 Å². The monoisotopic (exact) mass is 369 g/mol. The van der Waals surface area contributed by atoms with Gasteiger partial charge >= 0.3 is 0 Å². The van der Waals surface area contributed by atoms with Crippen LogP contribution >= 0.6 is 0 Å². The Morgan fingerprint density at radius 2 is 1.81 bits per heavy atom. The van der Waals surface area contributed by atoms with Crippen LogP contribution < -0.4 is 4.74 Å². The Hall–Kier alpha value is -2.36. The van der Waals surface area contributed by atoms with Gasteiger partial charge < -0.3 is 9.64 Å². The van der Waals surface area contributed by atoms with Crippen LogP contribution in [-0.4, -0.2) is 24.0 Å². The average Bonchev–Trinajstić information content (AvgIpc) is 3.49. The number of amides is 1. The molecule has 3 rings (SSSR count). The van der Waals surface area contributed by atoms with Crippen LogP contribution in [0.25, 0.3) is 0 Å². The molecule has 1 aliphatic carbocycles. The molecule has 0 saturated heterocycles. The van der Waals surface area contributed by atoms with E-state index in [0.29, 0.717) is 31.3 Å². The highest BCUT2D eigenvalue weighted by atomic mass is 19.1. The Labute approximate surface area is 161 Å². The van der Waals surface area contributed by atoms with Gasteiger partial charge in [0.2, 0.25) is 5.91 Å². The maximum atomic E-state index is 13.8. The predicted molar refractivity (Wildman–Crippen MR) is 105 cm³/mol. The Balaban J connectivity index is 1.61. The lowest BCUT2D eigenvalue weighted by Gasteiger charge is -2.23. The molecule has 1 saturated carbocycles. The van der Waals surface area contributed by atoms with E-state index in [2.05, 4.69) is 38.1 Å². The van der Waals surface area contributed by atoms with Crippen molar-refractivity contribution in [3.8, 4) is 5.75 Å². The van der Waals surface area contributed by atoms with Gasteiger partial charge in [-0.15, -0.1) is 0 Å². The molecule has 0 aromatic heterocycles. The van der Waals surface area contributed by atoms with E-state index < -0.39 is 0 Å². The number of carbonyl (C=O) groups excluding carboxylic acids is 1. The first kappa shape index (κ1) is 19.4. The van der Waals surface area contributed by atoms with Gasteiger partial charge in [0.1, 0.15) is 0 Å². The van der Waals surface area contributed by atoms with Crippen LogP contribution in [0.4, 0.5) is 4.39 Å². The summed E-state index contributed by atoms with van der Waals surface area (Å²) in [7, 11) is 1.45. The molecule has 144 valence electrons. The van der Waals surface area contributed by atoms with E-state index >= 15 is 0 Å². The van der Waals surface area contributed by atoms with Gasteiger partial charge in [0.25, 0.3) is 0 Å². The van der Waals surface area contributed by atoms with Gasteiger partial charge in [-0.2, -0.15) is 0 Å². The Morgan fingerprint density at radius 1 is 1.15 bits per heavy atom. The van der Waals surface area contributed by atoms with E-state index in [4.69, 9.17) is 4.74 Å². The summed E-state index contributed by atoms with van der Waals surface area (Å²) in [4.78, 5) is 14.8. The molecule has 0 spiro atoms. The Bertz CT molecular complexity index is 781. The molecule has 0 heterocycles. The molecule has 1 aliphatic rings. The molecule has 2 aromatic carbocycles. The molecule has 0 aliphatic heterocycles. The minimum Gasteiger partial charge on any atom is -0.494 e. The number of aryl methyl sites for hydroxylation is 1. The number of carbonyl (C=O) groups is 1. The smallest absolute Gasteiger partial charge is 0.223 e. The lowest BCUT2D eigenvalue weighted by molar-refractivity contribution is -0.132. The SMILES string of the molecule is COc1ccc(CCC(=O)N(Cc2ccc(C(C)C)cc2)C2CC2)cc1F. The summed E-state index contributed by atoms with van der Waals surface area (Å²) < 4.78 is 18.8. The molecule has 1 amide bonds. The molecule has 1 fully saturated rings. The van der Waals surface area contributed by atoms with Crippen molar-refractivity contribution in [2.24, 2.45) is 0 Å². The summed E-state index contributed by atoms with van der Waals surface area (Å²) in [6.07, 6.45) is 3.08. The van der Waals surface area contributed by atoms with Crippen LogP contribution in [0.1, 0.15) is 55.7 Å². The first-order valence-electron chi connectivity index (χ1n) is 9.68. The van der Waals surface area contributed by atoms with Crippen LogP contribution in [0.15, 0.2) is 42.5 Å². The fourth-order valence-corrected chi connectivity index (χ4v) is 3.27. The first-order valence-corrected chi connectivity index (χ1v) is 9.68. The minimum atomic E-state index is -0.383. The van der Waals surface area contributed by atoms with Crippen molar-refractivity contribution < 1.29 is 13.9 Å². The molecule has 0 N–H and O–H groups in total. The van der Waals surface area contributed by atoms with E-state index in [-0.39, 0.29) is 17.5 Å². The topological polar surface area (TPSA) is 29.5 Å². The van der Waals surface area contributed by atoms with Crippen molar-refractivity contribution >= 4 is 5.91 Å². The normalized spacial score (nSPS) is 13.7. The van der Waals surface area contributed by atoms with Crippen LogP contribution in [0.5, 0.6) is 5.75 Å². The first-order chi connectivity index (χ1) is 13.0. The number of rotatable bonds is 8. The van der Waals surface area contributed by atoms with Gasteiger partial charge in [0, 0.05) is 19.0 Å². The third-order valence-electron chi connectivity index (χ3n) is 5.15. The van der Waals surface area contributed by atoms with E-state index in [1.807, 2.05) is 11.0 Å². The molecule has 2 aromatic rings. The van der Waals surface area contributed by atoms with Crippen molar-refractivity contribution in [1.82, 2.24) is 4.90 Å². The molecule has 27 heavy (non-hydrogen) atoms. The van der Waals surface area contributed by atoms with E-state index in [0.717, 1.165) is 24.0 Å². The number of benzene rings is 2. The van der Waals surface area contributed by atoms with Crippen LogP contribution in [0.3, 0.4) is 0 Å². The largest absolute Gasteiger partial charge is 0.494 e. The number of hydrogen-bond donors (Lipinski definition) is 0. The number of nitrogens with zero attached hydrogens (tertiary/aromatic N) is 1. The molecule has 0 unspecified atom stereocenters. The highest BCUT2D eigenvalue weighted by Gasteiger charge is 2.32. The summed E-state index contributed by atoms with van der Waals surface area (Å²) in [6.45, 7) is 5.01. The average molecular weight is 369 g/mol. The van der Waals surface area contributed by atoms with Gasteiger partial charge in [0.15, 0.2) is 11.6 Å². The zero-order valence-electron chi connectivity index (χ0n) is 16.4. The quantitative estimate of drug-likeness (QED) is 0.649. The molecule has 0 radical (unpaired) electrons. The van der Waals surface area contributed by atoms with Gasteiger partial charge in [-0.3, -0.25) is 4.79 Å². The Kier molecular flexibility index (Phi) is 6.15. The zero-order chi connectivity index (χ0) is 19.4.